The third-order valence-corrected chi connectivity index (χ3v) is 14.0. The number of carbonyl (C=O) groups is 1. The van der Waals surface area contributed by atoms with Crippen LogP contribution in [0.25, 0.3) is 11.1 Å². The molecule has 0 aliphatic carbocycles. The van der Waals surface area contributed by atoms with Gasteiger partial charge in [-0.15, -0.1) is 0 Å². The van der Waals surface area contributed by atoms with Crippen LogP contribution in [0.1, 0.15) is 70.6 Å². The van der Waals surface area contributed by atoms with Crippen LogP contribution < -0.4 is 10.0 Å². The molecule has 4 atom stereocenters. The molecule has 332 valence electrons. The smallest absolute Gasteiger partial charge is 0.241 e. The van der Waals surface area contributed by atoms with E-state index < -0.39 is 33.9 Å². The lowest BCUT2D eigenvalue weighted by molar-refractivity contribution is -0.253. The third-order valence-electron chi connectivity index (χ3n) is 12.3. The molecule has 2 fully saturated rings. The summed E-state index contributed by atoms with van der Waals surface area (Å²) >= 11 is 6.12. The Kier molecular flexibility index (Phi) is 14.4. The number of sulfonamides is 1. The van der Waals surface area contributed by atoms with E-state index >= 15 is 0 Å². The van der Waals surface area contributed by atoms with Crippen LogP contribution in [0, 0.1) is 6.92 Å². The lowest BCUT2D eigenvalue weighted by atomic mass is 9.84. The number of halogens is 1. The molecule has 10 nitrogen and oxygen atoms in total. The third kappa shape index (κ3) is 11.4. The van der Waals surface area contributed by atoms with Crippen LogP contribution in [0.3, 0.4) is 0 Å². The molecular formula is C52H54ClN3O7S. The van der Waals surface area contributed by atoms with Crippen LogP contribution in [0.15, 0.2) is 157 Å². The molecular weight excluding hydrogens is 846 g/mol. The number of aryl methyl sites for hydroxylation is 1. The van der Waals surface area contributed by atoms with Crippen LogP contribution in [0.4, 0.5) is 0 Å². The summed E-state index contributed by atoms with van der Waals surface area (Å²) in [6.07, 6.45) is 1.05. The molecule has 2 heterocycles. The number of likely N-dealkylation sites (tertiary alicyclic amines) is 1. The molecule has 1 amide bonds. The Morgan fingerprint density at radius 2 is 1.45 bits per heavy atom. The van der Waals surface area contributed by atoms with Gasteiger partial charge in [-0.3, -0.25) is 4.79 Å². The van der Waals surface area contributed by atoms with Crippen molar-refractivity contribution < 1.29 is 32.9 Å². The molecule has 12 heteroatoms. The van der Waals surface area contributed by atoms with E-state index in [1.807, 2.05) is 134 Å². The van der Waals surface area contributed by atoms with Gasteiger partial charge in [-0.2, -0.15) is 4.72 Å². The number of nitrogens with one attached hydrogen (secondary N) is 2. The highest BCUT2D eigenvalue weighted by atomic mass is 35.5. The lowest BCUT2D eigenvalue weighted by Crippen LogP contribution is -2.47. The molecule has 6 aromatic rings. The molecule has 2 aliphatic heterocycles. The minimum absolute atomic E-state index is 0.0322. The van der Waals surface area contributed by atoms with Crippen molar-refractivity contribution in [3.63, 3.8) is 0 Å². The van der Waals surface area contributed by atoms with Gasteiger partial charge < -0.3 is 29.9 Å². The number of amides is 1. The van der Waals surface area contributed by atoms with E-state index in [0.29, 0.717) is 30.8 Å². The highest BCUT2D eigenvalue weighted by molar-refractivity contribution is 7.89. The van der Waals surface area contributed by atoms with Gasteiger partial charge in [0.15, 0.2) is 6.29 Å². The zero-order chi connectivity index (χ0) is 44.7. The number of carbonyl (C=O) groups excluding carboxylic acids is 1. The first-order chi connectivity index (χ1) is 30.9. The summed E-state index contributed by atoms with van der Waals surface area (Å²) in [7, 11) is -3.97. The number of rotatable bonds is 15. The molecule has 0 spiro atoms. The molecule has 2 aliphatic rings. The zero-order valence-electron chi connectivity index (χ0n) is 35.8. The normalized spacial score (nSPS) is 19.5. The lowest BCUT2D eigenvalue weighted by Gasteiger charge is -2.42. The Balaban J connectivity index is 0.936. The Morgan fingerprint density at radius 1 is 0.781 bits per heavy atom. The van der Waals surface area contributed by atoms with Crippen molar-refractivity contribution in [2.45, 2.75) is 80.8 Å². The molecule has 4 N–H and O–H groups in total. The minimum atomic E-state index is -3.97. The number of hydrogen-bond donors (Lipinski definition) is 4. The fraction of sp³-hybridized carbons (Fsp3) is 0.288. The molecule has 0 unspecified atom stereocenters. The predicted molar refractivity (Wildman–Crippen MR) is 249 cm³/mol. The fourth-order valence-corrected chi connectivity index (χ4v) is 9.81. The summed E-state index contributed by atoms with van der Waals surface area (Å²) in [4.78, 5) is 16.2. The van der Waals surface area contributed by atoms with E-state index in [-0.39, 0.29) is 36.7 Å². The number of ether oxygens (including phenoxy) is 2. The highest BCUT2D eigenvalue weighted by Gasteiger charge is 2.37. The van der Waals surface area contributed by atoms with Gasteiger partial charge >= 0.3 is 0 Å². The van der Waals surface area contributed by atoms with Crippen LogP contribution in [-0.2, 0) is 49.5 Å². The number of aliphatic hydroxyl groups excluding tert-OH is 1. The maximum atomic E-state index is 13.7. The van der Waals surface area contributed by atoms with E-state index in [1.54, 1.807) is 12.1 Å². The monoisotopic (exact) mass is 899 g/mol. The molecule has 64 heavy (non-hydrogen) atoms. The molecule has 8 rings (SSSR count). The van der Waals surface area contributed by atoms with Crippen molar-refractivity contribution in [2.75, 3.05) is 19.6 Å². The van der Waals surface area contributed by atoms with Crippen molar-refractivity contribution in [2.24, 2.45) is 0 Å². The minimum Gasteiger partial charge on any atom is -0.392 e. The predicted octanol–water partition coefficient (Wildman–Crippen LogP) is 8.54. The van der Waals surface area contributed by atoms with Crippen LogP contribution in [0.2, 0.25) is 5.02 Å². The van der Waals surface area contributed by atoms with Gasteiger partial charge in [0.25, 0.3) is 0 Å². The number of benzene rings is 6. The summed E-state index contributed by atoms with van der Waals surface area (Å²) in [5, 5.41) is 24.8. The molecule has 0 saturated carbocycles. The van der Waals surface area contributed by atoms with E-state index in [1.165, 1.54) is 12.1 Å². The summed E-state index contributed by atoms with van der Waals surface area (Å²) in [6.45, 7) is 4.18. The van der Waals surface area contributed by atoms with Crippen LogP contribution >= 0.6 is 11.6 Å². The van der Waals surface area contributed by atoms with Crippen molar-refractivity contribution in [3.8, 4) is 11.1 Å². The molecule has 0 radical (unpaired) electrons. The van der Waals surface area contributed by atoms with Gasteiger partial charge in [0, 0.05) is 43.2 Å². The quantitative estimate of drug-likeness (QED) is 0.0806. The highest BCUT2D eigenvalue weighted by Crippen LogP contribution is 2.40. The second-order valence-corrected chi connectivity index (χ2v) is 19.1. The second kappa shape index (κ2) is 20.3. The topological polar surface area (TPSA) is 137 Å². The fourth-order valence-electron chi connectivity index (χ4n) is 8.49. The first-order valence-electron chi connectivity index (χ1n) is 21.7. The van der Waals surface area contributed by atoms with E-state index in [9.17, 15) is 23.4 Å². The average Bonchev–Trinajstić information content (AvgIpc) is 3.32. The summed E-state index contributed by atoms with van der Waals surface area (Å²) < 4.78 is 42.8. The van der Waals surface area contributed by atoms with Gasteiger partial charge in [-0.25, -0.2) is 8.42 Å². The zero-order valence-corrected chi connectivity index (χ0v) is 37.3. The molecule has 2 saturated heterocycles. The summed E-state index contributed by atoms with van der Waals surface area (Å²) in [5.74, 6) is -0.428. The Labute approximate surface area is 380 Å². The first kappa shape index (κ1) is 45.4. The standard InChI is InChI=1S/C52H54ClN3O7S/c1-36-10-24-47(25-11-36)64(60,61)55-48(31-37-6-3-2-4-7-37)50(58)54-33-39-8-5-9-43(30-39)40-16-18-42(19-17-40)51-62-46(32-49(63-51)41-14-12-38(35-57)13-15-41)34-56-28-26-52(59,27-29-56)44-20-22-45(53)23-21-44/h2-25,30,46,48-49,51,55,57,59H,26-29,31-35H2,1H3,(H,54,58)/t46-,48-,49+,51+/m1/s1. The Hall–Kier alpha value is -5.21. The number of nitrogens with zero attached hydrogens (tertiary/aromatic N) is 1. The van der Waals surface area contributed by atoms with Crippen LogP contribution in [-0.4, -0.2) is 61.2 Å². The summed E-state index contributed by atoms with van der Waals surface area (Å²) in [6, 6.07) is 46.2. The van der Waals surface area contributed by atoms with Gasteiger partial charge in [-0.1, -0.05) is 138 Å². The molecule has 0 aromatic heterocycles. The van der Waals surface area contributed by atoms with Gasteiger partial charge in [0.1, 0.15) is 6.04 Å². The number of aliphatic hydroxyl groups is 2. The number of piperidine rings is 1. The van der Waals surface area contributed by atoms with Crippen molar-refractivity contribution >= 4 is 27.5 Å². The maximum absolute atomic E-state index is 13.7. The number of hydrogen-bond acceptors (Lipinski definition) is 8. The van der Waals surface area contributed by atoms with Gasteiger partial charge in [0.05, 0.1) is 29.3 Å². The largest absolute Gasteiger partial charge is 0.392 e. The van der Waals surface area contributed by atoms with Crippen molar-refractivity contribution in [1.82, 2.24) is 14.9 Å². The maximum Gasteiger partial charge on any atom is 0.241 e. The molecule has 6 aromatic carbocycles. The first-order valence-corrected chi connectivity index (χ1v) is 23.6. The van der Waals surface area contributed by atoms with Crippen molar-refractivity contribution in [3.05, 3.63) is 196 Å². The average molecular weight is 901 g/mol. The second-order valence-electron chi connectivity index (χ2n) is 16.9. The summed E-state index contributed by atoms with van der Waals surface area (Å²) in [5.41, 5.74) is 7.26. The Morgan fingerprint density at radius 3 is 2.14 bits per heavy atom. The van der Waals surface area contributed by atoms with E-state index in [2.05, 4.69) is 14.9 Å². The molecule has 0 bridgehead atoms. The SMILES string of the molecule is Cc1ccc(S(=O)(=O)N[C@H](Cc2ccccc2)C(=O)NCc2cccc(-c3ccc([C@H]4O[C@@H](CN5CCC(O)(c6ccc(Cl)cc6)CC5)C[C@@H](c5ccc(CO)cc5)O4)cc3)c2)cc1. The Bertz CT molecular complexity index is 2590. The van der Waals surface area contributed by atoms with Crippen molar-refractivity contribution in [1.29, 1.82) is 0 Å². The van der Waals surface area contributed by atoms with Gasteiger partial charge in [-0.05, 0) is 95.5 Å². The van der Waals surface area contributed by atoms with E-state index in [0.717, 1.165) is 63.2 Å². The van der Waals surface area contributed by atoms with E-state index in [4.69, 9.17) is 21.1 Å². The van der Waals surface area contributed by atoms with Gasteiger partial charge in [0.2, 0.25) is 15.9 Å². The van der Waals surface area contributed by atoms with Crippen LogP contribution in [0.5, 0.6) is 0 Å².